The molecule has 0 radical (unpaired) electrons. The van der Waals surface area contributed by atoms with Crippen LogP contribution in [0.4, 0.5) is 5.69 Å². The lowest BCUT2D eigenvalue weighted by Crippen LogP contribution is -2.37. The highest BCUT2D eigenvalue weighted by Crippen LogP contribution is 2.35. The second-order valence-corrected chi connectivity index (χ2v) is 7.78. The van der Waals surface area contributed by atoms with E-state index in [4.69, 9.17) is 22.1 Å². The number of hydrogen-bond donors (Lipinski definition) is 1. The van der Waals surface area contributed by atoms with Gasteiger partial charge in [-0.15, -0.1) is 11.3 Å². The lowest BCUT2D eigenvalue weighted by atomic mass is 10.2. The smallest absolute Gasteiger partial charge is 0.331 e. The van der Waals surface area contributed by atoms with Gasteiger partial charge in [0.15, 0.2) is 6.61 Å². The molecule has 6 nitrogen and oxygen atoms in total. The fourth-order valence-electron chi connectivity index (χ4n) is 2.77. The number of carbonyl (C=O) groups is 3. The van der Waals surface area contributed by atoms with Crippen LogP contribution in [0.25, 0.3) is 16.2 Å². The number of rotatable bonds is 8. The molecule has 3 aromatic rings. The van der Waals surface area contributed by atoms with Crippen LogP contribution in [0.2, 0.25) is 5.02 Å². The molecule has 2 aromatic carbocycles. The third-order valence-corrected chi connectivity index (χ3v) is 5.87. The van der Waals surface area contributed by atoms with Crippen molar-refractivity contribution in [3.8, 4) is 0 Å². The molecular formula is C22H19ClN2O4S. The average molecular weight is 443 g/mol. The molecule has 3 rings (SSSR count). The van der Waals surface area contributed by atoms with Crippen molar-refractivity contribution in [2.24, 2.45) is 5.73 Å². The number of nitrogens with zero attached hydrogens (tertiary/aromatic N) is 1. The molecule has 0 aliphatic heterocycles. The molecule has 0 aliphatic carbocycles. The van der Waals surface area contributed by atoms with Crippen LogP contribution < -0.4 is 10.6 Å². The van der Waals surface area contributed by atoms with Gasteiger partial charge in [-0.3, -0.25) is 9.59 Å². The Morgan fingerprint density at radius 2 is 1.77 bits per heavy atom. The monoisotopic (exact) mass is 442 g/mol. The third-order valence-electron chi connectivity index (χ3n) is 4.22. The van der Waals surface area contributed by atoms with Crippen molar-refractivity contribution in [3.05, 3.63) is 70.6 Å². The Balaban J connectivity index is 1.62. The zero-order valence-electron chi connectivity index (χ0n) is 15.9. The summed E-state index contributed by atoms with van der Waals surface area (Å²) in [6.45, 7) is -0.361. The summed E-state index contributed by atoms with van der Waals surface area (Å²) >= 11 is 7.80. The lowest BCUT2D eigenvalue weighted by Gasteiger charge is -2.22. The predicted octanol–water partition coefficient (Wildman–Crippen LogP) is 4.02. The molecule has 0 saturated heterocycles. The molecule has 1 heterocycles. The second kappa shape index (κ2) is 10.0. The minimum Gasteiger partial charge on any atom is -0.452 e. The first kappa shape index (κ1) is 21.5. The summed E-state index contributed by atoms with van der Waals surface area (Å²) in [5, 5.41) is 1.48. The Morgan fingerprint density at radius 3 is 2.47 bits per heavy atom. The van der Waals surface area contributed by atoms with Gasteiger partial charge in [0, 0.05) is 39.7 Å². The molecule has 0 aliphatic rings. The summed E-state index contributed by atoms with van der Waals surface area (Å²) in [4.78, 5) is 37.9. The molecule has 0 saturated carbocycles. The van der Waals surface area contributed by atoms with E-state index in [1.54, 1.807) is 30.3 Å². The van der Waals surface area contributed by atoms with Crippen LogP contribution in [0.15, 0.2) is 60.7 Å². The van der Waals surface area contributed by atoms with Gasteiger partial charge in [-0.05, 0) is 24.3 Å². The topological polar surface area (TPSA) is 89.7 Å². The summed E-state index contributed by atoms with van der Waals surface area (Å²) in [7, 11) is 0. The molecule has 0 unspecified atom stereocenters. The van der Waals surface area contributed by atoms with Gasteiger partial charge in [0.05, 0.1) is 5.02 Å². The molecule has 0 fully saturated rings. The number of fused-ring (bicyclic) bond motifs is 1. The second-order valence-electron chi connectivity index (χ2n) is 6.31. The Bertz CT molecular complexity index is 1090. The Kier molecular flexibility index (Phi) is 7.21. The number of ether oxygens (including phenoxy) is 1. The van der Waals surface area contributed by atoms with Crippen molar-refractivity contribution in [1.82, 2.24) is 0 Å². The van der Waals surface area contributed by atoms with E-state index in [9.17, 15) is 14.4 Å². The first-order valence-electron chi connectivity index (χ1n) is 9.11. The molecular weight excluding hydrogens is 424 g/mol. The number of hydrogen-bond acceptors (Lipinski definition) is 5. The quantitative estimate of drug-likeness (QED) is 0.421. The number of esters is 1. The van der Waals surface area contributed by atoms with Crippen LogP contribution in [0.3, 0.4) is 0 Å². The van der Waals surface area contributed by atoms with E-state index in [0.29, 0.717) is 10.7 Å². The van der Waals surface area contributed by atoms with E-state index < -0.39 is 24.4 Å². The number of amides is 2. The SMILES string of the molecule is NC(=O)CCN(C(=O)COC(=O)/C=C/c1sc2ccccc2c1Cl)c1ccccc1. The summed E-state index contributed by atoms with van der Waals surface area (Å²) in [5.74, 6) is -1.65. The van der Waals surface area contributed by atoms with Crippen LogP contribution in [0.5, 0.6) is 0 Å². The fraction of sp³-hybridized carbons (Fsp3) is 0.136. The highest BCUT2D eigenvalue weighted by atomic mass is 35.5. The molecule has 2 amide bonds. The van der Waals surface area contributed by atoms with E-state index in [1.165, 1.54) is 22.3 Å². The number of benzene rings is 2. The first-order valence-corrected chi connectivity index (χ1v) is 10.3. The van der Waals surface area contributed by atoms with Gasteiger partial charge < -0.3 is 15.4 Å². The van der Waals surface area contributed by atoms with E-state index in [2.05, 4.69) is 0 Å². The standard InChI is InChI=1S/C22H19ClN2O4S/c23-22-16-8-4-5-9-17(16)30-18(22)10-11-21(28)29-14-20(27)25(13-12-19(24)26)15-6-2-1-3-7-15/h1-11H,12-14H2,(H2,24,26)/b11-10+. The molecule has 30 heavy (non-hydrogen) atoms. The summed E-state index contributed by atoms with van der Waals surface area (Å²) in [6.07, 6.45) is 2.81. The van der Waals surface area contributed by atoms with Gasteiger partial charge >= 0.3 is 5.97 Å². The number of nitrogens with two attached hydrogens (primary N) is 1. The summed E-state index contributed by atoms with van der Waals surface area (Å²) < 4.78 is 6.09. The molecule has 2 N–H and O–H groups in total. The molecule has 1 aromatic heterocycles. The Labute approximate surface area is 182 Å². The molecule has 0 spiro atoms. The highest BCUT2D eigenvalue weighted by molar-refractivity contribution is 7.20. The maximum absolute atomic E-state index is 12.6. The van der Waals surface area contributed by atoms with Crippen LogP contribution in [0, 0.1) is 0 Å². The Morgan fingerprint density at radius 1 is 1.07 bits per heavy atom. The van der Waals surface area contributed by atoms with Crippen molar-refractivity contribution in [1.29, 1.82) is 0 Å². The van der Waals surface area contributed by atoms with E-state index in [1.807, 2.05) is 30.3 Å². The number of thiophene rings is 1. The van der Waals surface area contributed by atoms with Crippen LogP contribution in [-0.4, -0.2) is 30.9 Å². The van der Waals surface area contributed by atoms with Crippen molar-refractivity contribution >= 4 is 62.6 Å². The first-order chi connectivity index (χ1) is 14.5. The number of para-hydroxylation sites is 1. The van der Waals surface area contributed by atoms with Crippen molar-refractivity contribution < 1.29 is 19.1 Å². The van der Waals surface area contributed by atoms with Crippen molar-refractivity contribution in [2.45, 2.75) is 6.42 Å². The van der Waals surface area contributed by atoms with E-state index in [-0.39, 0.29) is 13.0 Å². The molecule has 8 heteroatoms. The predicted molar refractivity (Wildman–Crippen MR) is 119 cm³/mol. The molecule has 0 bridgehead atoms. The maximum atomic E-state index is 12.6. The summed E-state index contributed by atoms with van der Waals surface area (Å²) in [6, 6.07) is 16.5. The average Bonchev–Trinajstić information content (AvgIpc) is 3.07. The zero-order chi connectivity index (χ0) is 21.5. The maximum Gasteiger partial charge on any atom is 0.331 e. The minimum absolute atomic E-state index is 0.00107. The van der Waals surface area contributed by atoms with Gasteiger partial charge in [-0.2, -0.15) is 0 Å². The largest absolute Gasteiger partial charge is 0.452 e. The van der Waals surface area contributed by atoms with Gasteiger partial charge in [-0.25, -0.2) is 4.79 Å². The van der Waals surface area contributed by atoms with Crippen LogP contribution in [-0.2, 0) is 19.1 Å². The normalized spacial score (nSPS) is 11.0. The van der Waals surface area contributed by atoms with Crippen molar-refractivity contribution in [2.75, 3.05) is 18.1 Å². The Hall–Kier alpha value is -3.16. The number of primary amides is 1. The third kappa shape index (κ3) is 5.46. The van der Waals surface area contributed by atoms with E-state index >= 15 is 0 Å². The van der Waals surface area contributed by atoms with Gasteiger partial charge in [-0.1, -0.05) is 48.0 Å². The molecule has 154 valence electrons. The zero-order valence-corrected chi connectivity index (χ0v) is 17.5. The molecule has 0 atom stereocenters. The van der Waals surface area contributed by atoms with Crippen molar-refractivity contribution in [3.63, 3.8) is 0 Å². The van der Waals surface area contributed by atoms with Gasteiger partial charge in [0.2, 0.25) is 5.91 Å². The number of halogens is 1. The van der Waals surface area contributed by atoms with Gasteiger partial charge in [0.25, 0.3) is 5.91 Å². The van der Waals surface area contributed by atoms with Crippen LogP contribution >= 0.6 is 22.9 Å². The lowest BCUT2D eigenvalue weighted by molar-refractivity contribution is -0.143. The van der Waals surface area contributed by atoms with E-state index in [0.717, 1.165) is 15.0 Å². The minimum atomic E-state index is -0.667. The summed E-state index contributed by atoms with van der Waals surface area (Å²) in [5.41, 5.74) is 5.79. The number of carbonyl (C=O) groups excluding carboxylic acids is 3. The highest BCUT2D eigenvalue weighted by Gasteiger charge is 2.18. The van der Waals surface area contributed by atoms with Crippen LogP contribution in [0.1, 0.15) is 11.3 Å². The fourth-order valence-corrected chi connectivity index (χ4v) is 4.17. The van der Waals surface area contributed by atoms with Gasteiger partial charge in [0.1, 0.15) is 0 Å². The number of anilines is 1.